The Morgan fingerprint density at radius 1 is 0.643 bits per heavy atom. The van der Waals surface area contributed by atoms with Crippen LogP contribution in [-0.2, 0) is 0 Å². The predicted octanol–water partition coefficient (Wildman–Crippen LogP) is 6.46. The molecule has 0 atom stereocenters. The van der Waals surface area contributed by atoms with Gasteiger partial charge < -0.3 is 14.3 Å². The molecule has 0 bridgehead atoms. The quantitative estimate of drug-likeness (QED) is 0.499. The van der Waals surface area contributed by atoms with E-state index < -0.39 is 8.60 Å². The first-order valence-corrected chi connectivity index (χ1v) is 10.5. The summed E-state index contributed by atoms with van der Waals surface area (Å²) in [5.74, 6) is 0.489. The number of aryl methyl sites for hydroxylation is 6. The lowest BCUT2D eigenvalue weighted by atomic mass is 9.85. The Hall–Kier alpha value is -2.19. The van der Waals surface area contributed by atoms with Crippen molar-refractivity contribution in [2.45, 2.75) is 41.5 Å². The van der Waals surface area contributed by atoms with Crippen molar-refractivity contribution in [1.82, 2.24) is 0 Å². The molecule has 0 heterocycles. The maximum absolute atomic E-state index is 9.57. The maximum Gasteiger partial charge on any atom is 0.391 e. The summed E-state index contributed by atoms with van der Waals surface area (Å²) < 4.78 is 5.48. The summed E-state index contributed by atoms with van der Waals surface area (Å²) in [5.41, 5.74) is 11.3. The maximum atomic E-state index is 9.57. The highest BCUT2D eigenvalue weighted by Crippen LogP contribution is 2.46. The van der Waals surface area contributed by atoms with Crippen molar-refractivity contribution in [3.05, 3.63) is 75.8 Å². The zero-order chi connectivity index (χ0) is 20.6. The molecule has 3 aromatic carbocycles. The highest BCUT2D eigenvalue weighted by atomic mass is 31.2. The van der Waals surface area contributed by atoms with E-state index in [4.69, 9.17) is 4.52 Å². The van der Waals surface area contributed by atoms with Crippen LogP contribution in [0.25, 0.3) is 22.3 Å². The van der Waals surface area contributed by atoms with Gasteiger partial charge in [0.1, 0.15) is 5.75 Å². The van der Waals surface area contributed by atoms with E-state index in [9.17, 15) is 9.79 Å². The van der Waals surface area contributed by atoms with E-state index in [0.29, 0.717) is 5.75 Å². The molecule has 3 rings (SSSR count). The monoisotopic (exact) mass is 394 g/mol. The van der Waals surface area contributed by atoms with Gasteiger partial charge in [0, 0.05) is 5.56 Å². The van der Waals surface area contributed by atoms with Crippen LogP contribution in [0.1, 0.15) is 33.4 Å². The number of hydrogen-bond donors (Lipinski definition) is 2. The van der Waals surface area contributed by atoms with Gasteiger partial charge in [-0.1, -0.05) is 47.5 Å². The lowest BCUT2D eigenvalue weighted by Crippen LogP contribution is -1.99. The van der Waals surface area contributed by atoms with E-state index in [0.717, 1.165) is 33.4 Å². The van der Waals surface area contributed by atoms with Crippen molar-refractivity contribution in [2.24, 2.45) is 0 Å². The number of rotatable bonds is 4. The highest BCUT2D eigenvalue weighted by molar-refractivity contribution is 7.39. The molecular weight excluding hydrogens is 367 g/mol. The molecule has 0 saturated carbocycles. The van der Waals surface area contributed by atoms with Gasteiger partial charge in [0.15, 0.2) is 0 Å². The minimum Gasteiger partial charge on any atom is -0.426 e. The summed E-state index contributed by atoms with van der Waals surface area (Å²) in [7, 11) is -2.51. The largest absolute Gasteiger partial charge is 0.426 e. The molecule has 0 aliphatic rings. The molecule has 0 aliphatic heterocycles. The normalized spacial score (nSPS) is 11.2. The third-order valence-corrected chi connectivity index (χ3v) is 5.44. The third-order valence-electron chi connectivity index (χ3n) is 5.08. The van der Waals surface area contributed by atoms with Gasteiger partial charge in [-0.05, 0) is 86.6 Å². The van der Waals surface area contributed by atoms with Crippen molar-refractivity contribution in [3.63, 3.8) is 0 Å². The number of hydrogen-bond acceptors (Lipinski definition) is 3. The molecule has 0 fully saturated rings. The first-order chi connectivity index (χ1) is 13.2. The van der Waals surface area contributed by atoms with Crippen LogP contribution in [0.3, 0.4) is 0 Å². The minimum atomic E-state index is -2.51. The topological polar surface area (TPSA) is 49.7 Å². The van der Waals surface area contributed by atoms with E-state index in [1.54, 1.807) is 6.07 Å². The van der Waals surface area contributed by atoms with Crippen molar-refractivity contribution in [1.29, 1.82) is 0 Å². The van der Waals surface area contributed by atoms with Gasteiger partial charge in [0.05, 0.1) is 0 Å². The van der Waals surface area contributed by atoms with E-state index in [-0.39, 0.29) is 0 Å². The highest BCUT2D eigenvalue weighted by Gasteiger charge is 2.21. The van der Waals surface area contributed by atoms with E-state index in [2.05, 4.69) is 71.9 Å². The third kappa shape index (κ3) is 3.98. The van der Waals surface area contributed by atoms with E-state index in [1.807, 2.05) is 6.07 Å². The lowest BCUT2D eigenvalue weighted by Gasteiger charge is -2.22. The van der Waals surface area contributed by atoms with Crippen LogP contribution >= 0.6 is 8.60 Å². The van der Waals surface area contributed by atoms with Crippen LogP contribution in [0.5, 0.6) is 5.75 Å². The van der Waals surface area contributed by atoms with Crippen molar-refractivity contribution in [2.75, 3.05) is 0 Å². The van der Waals surface area contributed by atoms with Crippen LogP contribution in [0.2, 0.25) is 0 Å². The fraction of sp³-hybridized carbons (Fsp3) is 0.250. The summed E-state index contributed by atoms with van der Waals surface area (Å²) in [6, 6.07) is 14.5. The molecule has 0 radical (unpaired) electrons. The first-order valence-electron chi connectivity index (χ1n) is 9.34. The lowest BCUT2D eigenvalue weighted by molar-refractivity contribution is 0.375. The molecule has 146 valence electrons. The van der Waals surface area contributed by atoms with Gasteiger partial charge in [-0.25, -0.2) is 0 Å². The number of benzene rings is 3. The molecular formula is C24H27O3P. The summed E-state index contributed by atoms with van der Waals surface area (Å²) in [6.07, 6.45) is 0. The Morgan fingerprint density at radius 2 is 1.11 bits per heavy atom. The van der Waals surface area contributed by atoms with Gasteiger partial charge in [0.2, 0.25) is 0 Å². The molecule has 2 N–H and O–H groups in total. The zero-order valence-corrected chi connectivity index (χ0v) is 18.2. The van der Waals surface area contributed by atoms with Gasteiger partial charge in [-0.3, -0.25) is 0 Å². The van der Waals surface area contributed by atoms with Crippen LogP contribution in [0, 0.1) is 41.5 Å². The van der Waals surface area contributed by atoms with Gasteiger partial charge in [-0.15, -0.1) is 0 Å². The molecule has 4 heteroatoms. The van der Waals surface area contributed by atoms with Gasteiger partial charge >= 0.3 is 8.60 Å². The summed E-state index contributed by atoms with van der Waals surface area (Å²) in [4.78, 5) is 19.1. The van der Waals surface area contributed by atoms with Crippen LogP contribution in [0.4, 0.5) is 0 Å². The molecule has 3 nitrogen and oxygen atoms in total. The molecule has 0 amide bonds. The standard InChI is InChI=1S/C24H27O3P/c1-14-10-16(3)22(17(4)11-14)20-8-7-9-21(27-28(25)26)24(20)23-18(5)12-15(2)13-19(23)6/h7-13,25-26H,1-6H3. The predicted molar refractivity (Wildman–Crippen MR) is 118 cm³/mol. The molecule has 0 saturated heterocycles. The second kappa shape index (κ2) is 8.05. The first kappa shape index (κ1) is 20.5. The average molecular weight is 394 g/mol. The Balaban J connectivity index is 2.41. The zero-order valence-electron chi connectivity index (χ0n) is 17.3. The SMILES string of the molecule is Cc1cc(C)c(-c2cccc(OP(O)O)c2-c2c(C)cc(C)cc2C)c(C)c1. The van der Waals surface area contributed by atoms with Crippen LogP contribution < -0.4 is 4.52 Å². The Morgan fingerprint density at radius 3 is 1.57 bits per heavy atom. The van der Waals surface area contributed by atoms with Crippen molar-refractivity contribution in [3.8, 4) is 28.0 Å². The second-order valence-electron chi connectivity index (χ2n) is 7.57. The van der Waals surface area contributed by atoms with Gasteiger partial charge in [0.25, 0.3) is 0 Å². The Labute approximate surface area is 168 Å². The molecule has 0 aromatic heterocycles. The van der Waals surface area contributed by atoms with Crippen LogP contribution in [0.15, 0.2) is 42.5 Å². The summed E-state index contributed by atoms with van der Waals surface area (Å²) in [5, 5.41) is 0. The van der Waals surface area contributed by atoms with Crippen LogP contribution in [-0.4, -0.2) is 9.79 Å². The van der Waals surface area contributed by atoms with E-state index in [1.165, 1.54) is 22.3 Å². The fourth-order valence-electron chi connectivity index (χ4n) is 4.34. The Bertz CT molecular complexity index is 992. The second-order valence-corrected chi connectivity index (χ2v) is 8.26. The molecule has 0 unspecified atom stereocenters. The summed E-state index contributed by atoms with van der Waals surface area (Å²) >= 11 is 0. The van der Waals surface area contributed by atoms with Crippen molar-refractivity contribution >= 4 is 8.60 Å². The minimum absolute atomic E-state index is 0.489. The Kier molecular flexibility index (Phi) is 5.90. The van der Waals surface area contributed by atoms with Crippen molar-refractivity contribution < 1.29 is 14.3 Å². The molecule has 0 spiro atoms. The van der Waals surface area contributed by atoms with Gasteiger partial charge in [-0.2, -0.15) is 0 Å². The van der Waals surface area contributed by atoms with E-state index >= 15 is 0 Å². The molecule has 0 aliphatic carbocycles. The average Bonchev–Trinajstić information content (AvgIpc) is 2.54. The summed E-state index contributed by atoms with van der Waals surface area (Å²) in [6.45, 7) is 12.6. The molecule has 28 heavy (non-hydrogen) atoms. The smallest absolute Gasteiger partial charge is 0.391 e. The fourth-order valence-corrected chi connectivity index (χ4v) is 4.67. The molecule has 3 aromatic rings.